The Morgan fingerprint density at radius 3 is 2.16 bits per heavy atom. The van der Waals surface area contributed by atoms with Gasteiger partial charge in [0.15, 0.2) is 23.1 Å². The van der Waals surface area contributed by atoms with Gasteiger partial charge in [-0.15, -0.1) is 10.2 Å². The Labute approximate surface area is 107 Å². The molecule has 0 saturated carbocycles. The van der Waals surface area contributed by atoms with Gasteiger partial charge in [-0.05, 0) is 24.3 Å². The highest BCUT2D eigenvalue weighted by atomic mass is 19.1. The van der Waals surface area contributed by atoms with Gasteiger partial charge in [-0.3, -0.25) is 0 Å². The van der Waals surface area contributed by atoms with Gasteiger partial charge in [0.05, 0.1) is 7.11 Å². The van der Waals surface area contributed by atoms with Crippen LogP contribution in [0.15, 0.2) is 46.6 Å². The molecule has 98 valence electrons. The van der Waals surface area contributed by atoms with Crippen LogP contribution in [-0.2, 0) is 0 Å². The maximum Gasteiger partial charge on any atom is 0.157 e. The zero-order valence-corrected chi connectivity index (χ0v) is 9.90. The van der Waals surface area contributed by atoms with Crippen LogP contribution in [0.2, 0.25) is 0 Å². The molecule has 2 aromatic carbocycles. The SMILES string of the molecule is COc1ccc(N=Nc2c(F)cccc2F)c(F)c1. The van der Waals surface area contributed by atoms with Crippen LogP contribution in [0.25, 0.3) is 0 Å². The lowest BCUT2D eigenvalue weighted by atomic mass is 10.3. The van der Waals surface area contributed by atoms with Crippen molar-refractivity contribution in [3.8, 4) is 5.75 Å². The molecule has 0 spiro atoms. The fourth-order valence-electron chi connectivity index (χ4n) is 1.38. The molecule has 3 nitrogen and oxygen atoms in total. The number of ether oxygens (including phenoxy) is 1. The molecule has 6 heteroatoms. The number of azo groups is 1. The van der Waals surface area contributed by atoms with E-state index in [1.165, 1.54) is 25.3 Å². The van der Waals surface area contributed by atoms with Crippen molar-refractivity contribution in [3.63, 3.8) is 0 Å². The number of hydrogen-bond acceptors (Lipinski definition) is 3. The minimum absolute atomic E-state index is 0.136. The predicted octanol–water partition coefficient (Wildman–Crippen LogP) is 4.53. The van der Waals surface area contributed by atoms with Gasteiger partial charge in [0.25, 0.3) is 0 Å². The minimum Gasteiger partial charge on any atom is -0.497 e. The third-order valence-electron chi connectivity index (χ3n) is 2.35. The van der Waals surface area contributed by atoms with E-state index >= 15 is 0 Å². The normalized spacial score (nSPS) is 10.9. The molecule has 0 saturated heterocycles. The summed E-state index contributed by atoms with van der Waals surface area (Å²) in [4.78, 5) is 0. The Bertz CT molecular complexity index is 609. The molecule has 0 fully saturated rings. The van der Waals surface area contributed by atoms with Gasteiger partial charge >= 0.3 is 0 Å². The molecule has 2 aromatic rings. The van der Waals surface area contributed by atoms with Crippen LogP contribution in [0.1, 0.15) is 0 Å². The van der Waals surface area contributed by atoms with E-state index in [1.54, 1.807) is 0 Å². The number of methoxy groups -OCH3 is 1. The molecule has 19 heavy (non-hydrogen) atoms. The number of hydrogen-bond donors (Lipinski definition) is 0. The number of benzene rings is 2. The first-order chi connectivity index (χ1) is 9.11. The van der Waals surface area contributed by atoms with Crippen LogP contribution in [0.4, 0.5) is 24.5 Å². The molecule has 0 radical (unpaired) electrons. The van der Waals surface area contributed by atoms with Crippen molar-refractivity contribution < 1.29 is 17.9 Å². The Morgan fingerprint density at radius 1 is 0.895 bits per heavy atom. The summed E-state index contributed by atoms with van der Waals surface area (Å²) in [5.41, 5.74) is -0.693. The second-order valence-corrected chi connectivity index (χ2v) is 3.59. The van der Waals surface area contributed by atoms with E-state index in [0.717, 1.165) is 18.2 Å². The van der Waals surface area contributed by atoms with Gasteiger partial charge < -0.3 is 4.74 Å². The van der Waals surface area contributed by atoms with E-state index < -0.39 is 23.1 Å². The number of halogens is 3. The molecule has 0 unspecified atom stereocenters. The lowest BCUT2D eigenvalue weighted by molar-refractivity contribution is 0.411. The molecule has 0 aliphatic carbocycles. The predicted molar refractivity (Wildman–Crippen MR) is 63.5 cm³/mol. The summed E-state index contributed by atoms with van der Waals surface area (Å²) in [6, 6.07) is 7.17. The van der Waals surface area contributed by atoms with Gasteiger partial charge in [0.1, 0.15) is 11.4 Å². The summed E-state index contributed by atoms with van der Waals surface area (Å²) in [7, 11) is 1.39. The van der Waals surface area contributed by atoms with Gasteiger partial charge in [-0.1, -0.05) is 6.07 Å². The first kappa shape index (κ1) is 13.1. The monoisotopic (exact) mass is 266 g/mol. The molecule has 0 aliphatic heterocycles. The molecule has 0 aliphatic rings. The molecule has 0 atom stereocenters. The molecule has 2 rings (SSSR count). The van der Waals surface area contributed by atoms with Crippen LogP contribution in [0.3, 0.4) is 0 Å². The minimum atomic E-state index is -0.863. The van der Waals surface area contributed by atoms with Crippen LogP contribution < -0.4 is 4.74 Å². The van der Waals surface area contributed by atoms with Crippen LogP contribution >= 0.6 is 0 Å². The molecule has 0 amide bonds. The highest BCUT2D eigenvalue weighted by Crippen LogP contribution is 2.27. The summed E-state index contributed by atoms with van der Waals surface area (Å²) in [5, 5.41) is 6.87. The maximum atomic E-state index is 13.5. The molecular formula is C13H9F3N2O. The highest BCUT2D eigenvalue weighted by molar-refractivity contribution is 5.44. The molecule has 0 N–H and O–H groups in total. The van der Waals surface area contributed by atoms with E-state index in [9.17, 15) is 13.2 Å². The van der Waals surface area contributed by atoms with E-state index in [0.29, 0.717) is 5.75 Å². The molecule has 0 aromatic heterocycles. The van der Waals surface area contributed by atoms with Gasteiger partial charge in [-0.2, -0.15) is 0 Å². The second-order valence-electron chi connectivity index (χ2n) is 3.59. The Morgan fingerprint density at radius 2 is 1.58 bits per heavy atom. The van der Waals surface area contributed by atoms with Crippen molar-refractivity contribution in [2.75, 3.05) is 7.11 Å². The van der Waals surface area contributed by atoms with Crippen molar-refractivity contribution in [1.82, 2.24) is 0 Å². The van der Waals surface area contributed by atoms with E-state index in [4.69, 9.17) is 4.74 Å². The maximum absolute atomic E-state index is 13.5. The lowest BCUT2D eigenvalue weighted by Crippen LogP contribution is -1.84. The van der Waals surface area contributed by atoms with Crippen molar-refractivity contribution >= 4 is 11.4 Å². The zero-order chi connectivity index (χ0) is 13.8. The van der Waals surface area contributed by atoms with Crippen molar-refractivity contribution in [3.05, 3.63) is 53.8 Å². The van der Waals surface area contributed by atoms with E-state index in [2.05, 4.69) is 10.2 Å². The Kier molecular flexibility index (Phi) is 3.79. The third kappa shape index (κ3) is 2.90. The highest BCUT2D eigenvalue weighted by Gasteiger charge is 2.08. The zero-order valence-electron chi connectivity index (χ0n) is 9.90. The third-order valence-corrected chi connectivity index (χ3v) is 2.35. The Hall–Kier alpha value is -2.37. The smallest absolute Gasteiger partial charge is 0.157 e. The summed E-state index contributed by atoms with van der Waals surface area (Å²) in [5.74, 6) is -2.11. The van der Waals surface area contributed by atoms with E-state index in [1.807, 2.05) is 0 Å². The van der Waals surface area contributed by atoms with Gasteiger partial charge in [0.2, 0.25) is 0 Å². The Balaban J connectivity index is 2.33. The van der Waals surface area contributed by atoms with E-state index in [-0.39, 0.29) is 5.69 Å². The first-order valence-electron chi connectivity index (χ1n) is 5.31. The summed E-state index contributed by atoms with van der Waals surface area (Å²) in [6.45, 7) is 0. The average Bonchev–Trinajstić information content (AvgIpc) is 2.39. The molecule has 0 bridgehead atoms. The lowest BCUT2D eigenvalue weighted by Gasteiger charge is -2.01. The van der Waals surface area contributed by atoms with Gasteiger partial charge in [0, 0.05) is 6.07 Å². The largest absolute Gasteiger partial charge is 0.497 e. The number of nitrogens with zero attached hydrogens (tertiary/aromatic N) is 2. The fourth-order valence-corrected chi connectivity index (χ4v) is 1.38. The first-order valence-corrected chi connectivity index (χ1v) is 5.31. The van der Waals surface area contributed by atoms with Crippen molar-refractivity contribution in [2.45, 2.75) is 0 Å². The molecule has 0 heterocycles. The average molecular weight is 266 g/mol. The quantitative estimate of drug-likeness (QED) is 0.751. The summed E-state index contributed by atoms with van der Waals surface area (Å²) >= 11 is 0. The van der Waals surface area contributed by atoms with Crippen LogP contribution in [0, 0.1) is 17.5 Å². The van der Waals surface area contributed by atoms with Crippen LogP contribution in [0.5, 0.6) is 5.75 Å². The summed E-state index contributed by atoms with van der Waals surface area (Å²) < 4.78 is 44.9. The van der Waals surface area contributed by atoms with Crippen LogP contribution in [-0.4, -0.2) is 7.11 Å². The van der Waals surface area contributed by atoms with Crippen molar-refractivity contribution in [2.24, 2.45) is 10.2 Å². The molecular weight excluding hydrogens is 257 g/mol. The topological polar surface area (TPSA) is 34.0 Å². The number of rotatable bonds is 3. The fraction of sp³-hybridized carbons (Fsp3) is 0.0769. The van der Waals surface area contributed by atoms with Gasteiger partial charge in [-0.25, -0.2) is 13.2 Å². The summed E-state index contributed by atoms with van der Waals surface area (Å²) in [6.07, 6.45) is 0. The second kappa shape index (κ2) is 5.51. The standard InChI is InChI=1S/C13H9F3N2O/c1-19-8-5-6-12(11(16)7-8)17-18-13-9(14)3-2-4-10(13)15/h2-7H,1H3. The van der Waals surface area contributed by atoms with Crippen molar-refractivity contribution in [1.29, 1.82) is 0 Å².